The minimum atomic E-state index is 0.221. The summed E-state index contributed by atoms with van der Waals surface area (Å²) in [7, 11) is 0. The van der Waals surface area contributed by atoms with Crippen molar-refractivity contribution in [1.82, 2.24) is 4.90 Å². The zero-order valence-corrected chi connectivity index (χ0v) is 12.9. The molecule has 1 fully saturated rings. The summed E-state index contributed by atoms with van der Waals surface area (Å²) in [6.45, 7) is 4.04. The average molecular weight is 290 g/mol. The minimum Gasteiger partial charge on any atom is -0.493 e. The number of nitrogens with zero attached hydrogens (tertiary/aromatic N) is 1. The smallest absolute Gasteiger partial charge is 0.222 e. The number of benzene rings is 1. The van der Waals surface area contributed by atoms with Crippen molar-refractivity contribution in [2.75, 3.05) is 19.7 Å². The van der Waals surface area contributed by atoms with E-state index in [1.807, 2.05) is 36.1 Å². The Hall–Kier alpha value is -1.55. The lowest BCUT2D eigenvalue weighted by molar-refractivity contribution is -0.134. The maximum Gasteiger partial charge on any atom is 0.222 e. The van der Waals surface area contributed by atoms with Crippen LogP contribution in [0.1, 0.15) is 37.7 Å². The van der Waals surface area contributed by atoms with Gasteiger partial charge < -0.3 is 15.4 Å². The molecular formula is C17H26N2O2. The highest BCUT2D eigenvalue weighted by molar-refractivity contribution is 5.76. The first-order chi connectivity index (χ1) is 10.2. The van der Waals surface area contributed by atoms with Gasteiger partial charge in [-0.25, -0.2) is 0 Å². The molecule has 1 amide bonds. The van der Waals surface area contributed by atoms with Gasteiger partial charge in [0.2, 0.25) is 5.91 Å². The second-order valence-electron chi connectivity index (χ2n) is 5.69. The lowest BCUT2D eigenvalue weighted by Crippen LogP contribution is -2.47. The first-order valence-electron chi connectivity index (χ1n) is 7.90. The minimum absolute atomic E-state index is 0.221. The Morgan fingerprint density at radius 3 is 2.95 bits per heavy atom. The molecule has 4 nitrogen and oxygen atoms in total. The molecular weight excluding hydrogens is 264 g/mol. The van der Waals surface area contributed by atoms with Gasteiger partial charge in [0, 0.05) is 25.6 Å². The normalized spacial score (nSPS) is 18.6. The van der Waals surface area contributed by atoms with Gasteiger partial charge in [-0.05, 0) is 44.2 Å². The van der Waals surface area contributed by atoms with Crippen molar-refractivity contribution < 1.29 is 9.53 Å². The SMILES string of the molecule is Cc1ccccc1OCCCC(=O)N1CCCCC1CN. The van der Waals surface area contributed by atoms with E-state index < -0.39 is 0 Å². The van der Waals surface area contributed by atoms with E-state index in [1.54, 1.807) is 0 Å². The maximum atomic E-state index is 12.3. The summed E-state index contributed by atoms with van der Waals surface area (Å²) >= 11 is 0. The number of aryl methyl sites for hydroxylation is 1. The summed E-state index contributed by atoms with van der Waals surface area (Å²) < 4.78 is 5.73. The molecule has 0 radical (unpaired) electrons. The fourth-order valence-electron chi connectivity index (χ4n) is 2.84. The fraction of sp³-hybridized carbons (Fsp3) is 0.588. The van der Waals surface area contributed by atoms with Crippen molar-refractivity contribution in [2.24, 2.45) is 5.73 Å². The number of ether oxygens (including phenoxy) is 1. The van der Waals surface area contributed by atoms with Crippen molar-refractivity contribution in [3.05, 3.63) is 29.8 Å². The third-order valence-electron chi connectivity index (χ3n) is 4.11. The van der Waals surface area contributed by atoms with Crippen molar-refractivity contribution in [1.29, 1.82) is 0 Å². The van der Waals surface area contributed by atoms with Crippen LogP contribution in [0.4, 0.5) is 0 Å². The quantitative estimate of drug-likeness (QED) is 0.819. The molecule has 1 heterocycles. The van der Waals surface area contributed by atoms with Gasteiger partial charge in [0.15, 0.2) is 0 Å². The highest BCUT2D eigenvalue weighted by Gasteiger charge is 2.24. The highest BCUT2D eigenvalue weighted by atomic mass is 16.5. The molecule has 116 valence electrons. The van der Waals surface area contributed by atoms with Gasteiger partial charge in [-0.15, -0.1) is 0 Å². The highest BCUT2D eigenvalue weighted by Crippen LogP contribution is 2.19. The van der Waals surface area contributed by atoms with Gasteiger partial charge in [-0.2, -0.15) is 0 Å². The lowest BCUT2D eigenvalue weighted by atomic mass is 10.0. The lowest BCUT2D eigenvalue weighted by Gasteiger charge is -2.35. The van der Waals surface area contributed by atoms with Gasteiger partial charge in [-0.3, -0.25) is 4.79 Å². The van der Waals surface area contributed by atoms with E-state index in [2.05, 4.69) is 0 Å². The van der Waals surface area contributed by atoms with Gasteiger partial charge in [0.1, 0.15) is 5.75 Å². The van der Waals surface area contributed by atoms with E-state index in [0.29, 0.717) is 19.6 Å². The standard InChI is InChI=1S/C17H26N2O2/c1-14-7-2-3-9-16(14)21-12-6-10-17(20)19-11-5-4-8-15(19)13-18/h2-3,7,9,15H,4-6,8,10-13,18H2,1H3. The second-order valence-corrected chi connectivity index (χ2v) is 5.69. The summed E-state index contributed by atoms with van der Waals surface area (Å²) in [4.78, 5) is 14.2. The maximum absolute atomic E-state index is 12.3. The summed E-state index contributed by atoms with van der Waals surface area (Å²) in [5, 5.41) is 0. The van der Waals surface area contributed by atoms with Crippen molar-refractivity contribution in [3.8, 4) is 5.75 Å². The predicted octanol–water partition coefficient (Wildman–Crippen LogP) is 2.49. The molecule has 1 aliphatic rings. The van der Waals surface area contributed by atoms with E-state index in [4.69, 9.17) is 10.5 Å². The molecule has 1 aromatic rings. The van der Waals surface area contributed by atoms with Crippen LogP contribution < -0.4 is 10.5 Å². The average Bonchev–Trinajstić information content (AvgIpc) is 2.52. The van der Waals surface area contributed by atoms with E-state index in [0.717, 1.165) is 37.1 Å². The number of hydrogen-bond acceptors (Lipinski definition) is 3. The van der Waals surface area contributed by atoms with Gasteiger partial charge >= 0.3 is 0 Å². The van der Waals surface area contributed by atoms with Crippen molar-refractivity contribution >= 4 is 5.91 Å². The molecule has 1 aromatic carbocycles. The van der Waals surface area contributed by atoms with Crippen LogP contribution in [0.5, 0.6) is 5.75 Å². The van der Waals surface area contributed by atoms with Crippen LogP contribution in [0, 0.1) is 6.92 Å². The van der Waals surface area contributed by atoms with Crippen molar-refractivity contribution in [2.45, 2.75) is 45.1 Å². The fourth-order valence-corrected chi connectivity index (χ4v) is 2.84. The summed E-state index contributed by atoms with van der Waals surface area (Å²) in [5.41, 5.74) is 6.89. The van der Waals surface area contributed by atoms with E-state index in [1.165, 1.54) is 6.42 Å². The van der Waals surface area contributed by atoms with Crippen LogP contribution in [0.3, 0.4) is 0 Å². The van der Waals surface area contributed by atoms with Gasteiger partial charge in [0.25, 0.3) is 0 Å². The summed E-state index contributed by atoms with van der Waals surface area (Å²) in [6.07, 6.45) is 4.62. The molecule has 2 rings (SSSR count). The van der Waals surface area contributed by atoms with Crippen LogP contribution in [0.25, 0.3) is 0 Å². The Kier molecular flexibility index (Phi) is 6.05. The van der Waals surface area contributed by atoms with Crippen LogP contribution in [-0.4, -0.2) is 36.5 Å². The monoisotopic (exact) mass is 290 g/mol. The van der Waals surface area contributed by atoms with E-state index >= 15 is 0 Å². The molecule has 0 aliphatic carbocycles. The molecule has 1 unspecified atom stereocenters. The topological polar surface area (TPSA) is 55.6 Å². The van der Waals surface area contributed by atoms with Crippen LogP contribution >= 0.6 is 0 Å². The molecule has 0 aromatic heterocycles. The van der Waals surface area contributed by atoms with E-state index in [9.17, 15) is 4.79 Å². The van der Waals surface area contributed by atoms with Gasteiger partial charge in [0.05, 0.1) is 6.61 Å². The Morgan fingerprint density at radius 1 is 1.38 bits per heavy atom. The summed E-state index contributed by atoms with van der Waals surface area (Å²) in [6, 6.07) is 8.19. The largest absolute Gasteiger partial charge is 0.493 e. The number of likely N-dealkylation sites (tertiary alicyclic amines) is 1. The zero-order chi connectivity index (χ0) is 15.1. The molecule has 1 aliphatic heterocycles. The van der Waals surface area contributed by atoms with E-state index in [-0.39, 0.29) is 11.9 Å². The number of para-hydroxylation sites is 1. The zero-order valence-electron chi connectivity index (χ0n) is 12.9. The predicted molar refractivity (Wildman–Crippen MR) is 84.3 cm³/mol. The molecule has 0 bridgehead atoms. The third-order valence-corrected chi connectivity index (χ3v) is 4.11. The van der Waals surface area contributed by atoms with Crippen molar-refractivity contribution in [3.63, 3.8) is 0 Å². The molecule has 1 atom stereocenters. The molecule has 4 heteroatoms. The number of carbonyl (C=O) groups is 1. The molecule has 0 saturated carbocycles. The molecule has 0 spiro atoms. The Bertz CT molecular complexity index is 462. The molecule has 1 saturated heterocycles. The van der Waals surface area contributed by atoms with Crippen LogP contribution in [0.2, 0.25) is 0 Å². The number of piperidine rings is 1. The first-order valence-corrected chi connectivity index (χ1v) is 7.90. The number of amides is 1. The number of nitrogens with two attached hydrogens (primary N) is 1. The molecule has 21 heavy (non-hydrogen) atoms. The number of hydrogen-bond donors (Lipinski definition) is 1. The van der Waals surface area contributed by atoms with Crippen LogP contribution in [0.15, 0.2) is 24.3 Å². The second kappa shape index (κ2) is 8.03. The van der Waals surface area contributed by atoms with Gasteiger partial charge in [-0.1, -0.05) is 18.2 Å². The van der Waals surface area contributed by atoms with Crippen LogP contribution in [-0.2, 0) is 4.79 Å². The first kappa shape index (κ1) is 15.8. The third kappa shape index (κ3) is 4.46. The Labute approximate surface area is 127 Å². The number of rotatable bonds is 6. The Balaban J connectivity index is 1.73. The number of carbonyl (C=O) groups excluding carboxylic acids is 1. The Morgan fingerprint density at radius 2 is 2.19 bits per heavy atom. The molecule has 2 N–H and O–H groups in total. The summed E-state index contributed by atoms with van der Waals surface area (Å²) in [5.74, 6) is 1.13.